The third-order valence-electron chi connectivity index (χ3n) is 2.80. The van der Waals surface area contributed by atoms with Gasteiger partial charge < -0.3 is 15.8 Å². The summed E-state index contributed by atoms with van der Waals surface area (Å²) in [7, 11) is 0. The lowest BCUT2D eigenvalue weighted by molar-refractivity contribution is 0.120. The predicted molar refractivity (Wildman–Crippen MR) is 77.5 cm³/mol. The zero-order valence-corrected chi connectivity index (χ0v) is 11.8. The number of halogens is 1. The fourth-order valence-electron chi connectivity index (χ4n) is 1.95. The van der Waals surface area contributed by atoms with Gasteiger partial charge in [0.05, 0.1) is 6.10 Å². The van der Waals surface area contributed by atoms with Crippen LogP contribution in [0.1, 0.15) is 18.4 Å². The summed E-state index contributed by atoms with van der Waals surface area (Å²) < 4.78 is 6.49. The second-order valence-electron chi connectivity index (χ2n) is 4.04. The fraction of sp³-hybridized carbons (Fsp3) is 0.417. The molecule has 92 valence electrons. The quantitative estimate of drug-likeness (QED) is 0.839. The SMILES string of the molecule is NC(=S)c1c(Br)cccc1NCC1CCCO1. The van der Waals surface area contributed by atoms with Crippen molar-refractivity contribution in [2.24, 2.45) is 5.73 Å². The molecule has 1 saturated heterocycles. The van der Waals surface area contributed by atoms with Crippen molar-refractivity contribution >= 4 is 38.8 Å². The molecular formula is C12H15BrN2OS. The van der Waals surface area contributed by atoms with Crippen molar-refractivity contribution < 1.29 is 4.74 Å². The Labute approximate surface area is 115 Å². The van der Waals surface area contributed by atoms with Crippen LogP contribution in [0.2, 0.25) is 0 Å². The van der Waals surface area contributed by atoms with Crippen LogP contribution in [0.3, 0.4) is 0 Å². The van der Waals surface area contributed by atoms with E-state index in [0.717, 1.165) is 41.7 Å². The fourth-order valence-corrected chi connectivity index (χ4v) is 2.88. The lowest BCUT2D eigenvalue weighted by atomic mass is 10.1. The van der Waals surface area contributed by atoms with Gasteiger partial charge in [0.15, 0.2) is 0 Å². The van der Waals surface area contributed by atoms with Crippen LogP contribution in [-0.4, -0.2) is 24.2 Å². The number of benzene rings is 1. The molecule has 1 aromatic carbocycles. The van der Waals surface area contributed by atoms with Crippen molar-refractivity contribution in [3.05, 3.63) is 28.2 Å². The van der Waals surface area contributed by atoms with E-state index in [0.29, 0.717) is 11.1 Å². The van der Waals surface area contributed by atoms with E-state index in [1.807, 2.05) is 18.2 Å². The molecule has 0 saturated carbocycles. The van der Waals surface area contributed by atoms with Gasteiger partial charge in [0.1, 0.15) is 4.99 Å². The zero-order chi connectivity index (χ0) is 12.3. The second kappa shape index (κ2) is 5.80. The molecule has 3 nitrogen and oxygen atoms in total. The molecule has 17 heavy (non-hydrogen) atoms. The Hall–Kier alpha value is -0.650. The van der Waals surface area contributed by atoms with Crippen molar-refractivity contribution in [3.8, 4) is 0 Å². The van der Waals surface area contributed by atoms with Gasteiger partial charge in [0.2, 0.25) is 0 Å². The van der Waals surface area contributed by atoms with E-state index >= 15 is 0 Å². The van der Waals surface area contributed by atoms with E-state index in [2.05, 4.69) is 21.2 Å². The highest BCUT2D eigenvalue weighted by Crippen LogP contribution is 2.25. The molecule has 1 heterocycles. The van der Waals surface area contributed by atoms with Gasteiger partial charge >= 0.3 is 0 Å². The van der Waals surface area contributed by atoms with Crippen LogP contribution in [0.5, 0.6) is 0 Å². The van der Waals surface area contributed by atoms with Gasteiger partial charge in [-0.2, -0.15) is 0 Å². The molecule has 5 heteroatoms. The third kappa shape index (κ3) is 3.18. The Morgan fingerprint density at radius 1 is 1.59 bits per heavy atom. The van der Waals surface area contributed by atoms with Gasteiger partial charge in [-0.15, -0.1) is 0 Å². The standard InChI is InChI=1S/C12H15BrN2OS/c13-9-4-1-5-10(11(9)12(14)17)15-7-8-3-2-6-16-8/h1,4-5,8,15H,2-3,6-7H2,(H2,14,17). The molecule has 1 atom stereocenters. The number of ether oxygens (including phenoxy) is 1. The summed E-state index contributed by atoms with van der Waals surface area (Å²) in [6, 6.07) is 5.88. The minimum atomic E-state index is 0.299. The van der Waals surface area contributed by atoms with E-state index < -0.39 is 0 Å². The van der Waals surface area contributed by atoms with Crippen LogP contribution >= 0.6 is 28.1 Å². The summed E-state index contributed by atoms with van der Waals surface area (Å²) in [6.07, 6.45) is 2.56. The Morgan fingerprint density at radius 3 is 3.06 bits per heavy atom. The van der Waals surface area contributed by atoms with Crippen LogP contribution in [0.15, 0.2) is 22.7 Å². The number of nitrogens with two attached hydrogens (primary N) is 1. The molecule has 0 aliphatic carbocycles. The van der Waals surface area contributed by atoms with Gasteiger partial charge in [-0.05, 0) is 40.9 Å². The third-order valence-corrected chi connectivity index (χ3v) is 3.67. The maximum Gasteiger partial charge on any atom is 0.107 e. The number of hydrogen-bond donors (Lipinski definition) is 2. The van der Waals surface area contributed by atoms with Crippen molar-refractivity contribution in [1.82, 2.24) is 0 Å². The number of thiocarbonyl (C=S) groups is 1. The van der Waals surface area contributed by atoms with Crippen molar-refractivity contribution in [2.75, 3.05) is 18.5 Å². The molecule has 1 aromatic rings. The van der Waals surface area contributed by atoms with Gasteiger partial charge in [0, 0.05) is 28.9 Å². The Morgan fingerprint density at radius 2 is 2.41 bits per heavy atom. The van der Waals surface area contributed by atoms with E-state index in [1.165, 1.54) is 0 Å². The van der Waals surface area contributed by atoms with E-state index in [-0.39, 0.29) is 0 Å². The van der Waals surface area contributed by atoms with Gasteiger partial charge in [-0.1, -0.05) is 18.3 Å². The highest BCUT2D eigenvalue weighted by atomic mass is 79.9. The number of rotatable bonds is 4. The van der Waals surface area contributed by atoms with E-state index in [9.17, 15) is 0 Å². The number of anilines is 1. The summed E-state index contributed by atoms with van der Waals surface area (Å²) in [5.74, 6) is 0. The second-order valence-corrected chi connectivity index (χ2v) is 5.34. The molecule has 1 aliphatic heterocycles. The van der Waals surface area contributed by atoms with Crippen LogP contribution in [0, 0.1) is 0 Å². The van der Waals surface area contributed by atoms with Crippen LogP contribution in [0.25, 0.3) is 0 Å². The Balaban J connectivity index is 2.09. The number of nitrogens with one attached hydrogen (secondary N) is 1. The molecule has 0 radical (unpaired) electrons. The van der Waals surface area contributed by atoms with Crippen LogP contribution in [0.4, 0.5) is 5.69 Å². The maximum absolute atomic E-state index is 5.73. The highest BCUT2D eigenvalue weighted by Gasteiger charge is 2.16. The van der Waals surface area contributed by atoms with Crippen molar-refractivity contribution in [3.63, 3.8) is 0 Å². The first-order valence-electron chi connectivity index (χ1n) is 5.62. The minimum Gasteiger partial charge on any atom is -0.389 e. The van der Waals surface area contributed by atoms with Gasteiger partial charge in [-0.3, -0.25) is 0 Å². The lowest BCUT2D eigenvalue weighted by Gasteiger charge is -2.15. The van der Waals surface area contributed by atoms with Crippen molar-refractivity contribution in [1.29, 1.82) is 0 Å². The van der Waals surface area contributed by atoms with Crippen LogP contribution < -0.4 is 11.1 Å². The van der Waals surface area contributed by atoms with Gasteiger partial charge in [-0.25, -0.2) is 0 Å². The zero-order valence-electron chi connectivity index (χ0n) is 9.41. The van der Waals surface area contributed by atoms with Crippen LogP contribution in [-0.2, 0) is 4.74 Å². The molecule has 1 unspecified atom stereocenters. The molecule has 0 amide bonds. The average Bonchev–Trinajstić information content (AvgIpc) is 2.78. The molecule has 0 aromatic heterocycles. The molecule has 3 N–H and O–H groups in total. The number of hydrogen-bond acceptors (Lipinski definition) is 3. The smallest absolute Gasteiger partial charge is 0.107 e. The molecule has 0 spiro atoms. The highest BCUT2D eigenvalue weighted by molar-refractivity contribution is 9.10. The lowest BCUT2D eigenvalue weighted by Crippen LogP contribution is -2.21. The molecule has 2 rings (SSSR count). The summed E-state index contributed by atoms with van der Waals surface area (Å²) in [4.78, 5) is 0.396. The van der Waals surface area contributed by atoms with E-state index in [4.69, 9.17) is 22.7 Å². The van der Waals surface area contributed by atoms with E-state index in [1.54, 1.807) is 0 Å². The predicted octanol–water partition coefficient (Wildman–Crippen LogP) is 2.67. The van der Waals surface area contributed by atoms with Crippen molar-refractivity contribution in [2.45, 2.75) is 18.9 Å². The average molecular weight is 315 g/mol. The summed E-state index contributed by atoms with van der Waals surface area (Å²) >= 11 is 8.53. The Kier molecular flexibility index (Phi) is 4.36. The molecule has 0 bridgehead atoms. The largest absolute Gasteiger partial charge is 0.389 e. The van der Waals surface area contributed by atoms with Gasteiger partial charge in [0.25, 0.3) is 0 Å². The molecule has 1 aliphatic rings. The first-order valence-corrected chi connectivity index (χ1v) is 6.82. The topological polar surface area (TPSA) is 47.3 Å². The molecular weight excluding hydrogens is 300 g/mol. The summed E-state index contributed by atoms with van der Waals surface area (Å²) in [6.45, 7) is 1.67. The first-order chi connectivity index (χ1) is 8.18. The minimum absolute atomic E-state index is 0.299. The Bertz CT molecular complexity index is 419. The molecule has 1 fully saturated rings. The summed E-state index contributed by atoms with van der Waals surface area (Å²) in [5, 5.41) is 3.35. The summed E-state index contributed by atoms with van der Waals surface area (Å²) in [5.41, 5.74) is 7.55. The maximum atomic E-state index is 5.73. The monoisotopic (exact) mass is 314 g/mol. The first kappa shape index (κ1) is 12.8. The normalized spacial score (nSPS) is 19.2.